The molecule has 0 saturated heterocycles. The molecule has 5 nitrogen and oxygen atoms in total. The molecule has 0 heterocycles. The molecular weight excluding hydrogens is 172 g/mol. The molecule has 0 aliphatic carbocycles. The summed E-state index contributed by atoms with van der Waals surface area (Å²) in [5, 5.41) is 22.5. The van der Waals surface area contributed by atoms with Crippen molar-refractivity contribution in [2.45, 2.75) is 19.8 Å². The van der Waals surface area contributed by atoms with Gasteiger partial charge in [0.1, 0.15) is 0 Å². The van der Waals surface area contributed by atoms with Gasteiger partial charge >= 0.3 is 0 Å². The Balaban J connectivity index is 3.47. The Hall–Kier alpha value is -0.910. The van der Waals surface area contributed by atoms with E-state index in [-0.39, 0.29) is 12.5 Å². The second-order valence-corrected chi connectivity index (χ2v) is 2.98. The first-order valence-electron chi connectivity index (χ1n) is 3.96. The summed E-state index contributed by atoms with van der Waals surface area (Å²) in [5.74, 6) is -2.13. The molecular formula is C8H16N2O3. The lowest BCUT2D eigenvalue weighted by atomic mass is 10.3. The van der Waals surface area contributed by atoms with Gasteiger partial charge in [-0.05, 0) is 6.92 Å². The van der Waals surface area contributed by atoms with Crippen LogP contribution < -0.4 is 10.6 Å². The van der Waals surface area contributed by atoms with E-state index in [9.17, 15) is 4.79 Å². The predicted molar refractivity (Wildman–Crippen MR) is 48.7 cm³/mol. The van der Waals surface area contributed by atoms with E-state index in [4.69, 9.17) is 10.2 Å². The molecule has 0 saturated carbocycles. The van der Waals surface area contributed by atoms with Crippen LogP contribution in [-0.4, -0.2) is 35.1 Å². The highest BCUT2D eigenvalue weighted by molar-refractivity contribution is 5.92. The van der Waals surface area contributed by atoms with E-state index >= 15 is 0 Å². The zero-order chi connectivity index (χ0) is 10.5. The van der Waals surface area contributed by atoms with Crippen molar-refractivity contribution in [2.24, 2.45) is 0 Å². The standard InChI is InChI=1S/C8H16N2O3/c1-6(2)7(11)9-4-5-10-8(3,12)13/h10,12-13H,1,4-5H2,2-3H3,(H,9,11). The molecule has 0 unspecified atom stereocenters. The molecule has 76 valence electrons. The van der Waals surface area contributed by atoms with Gasteiger partial charge < -0.3 is 15.5 Å². The molecule has 0 fully saturated rings. The monoisotopic (exact) mass is 188 g/mol. The molecule has 0 aromatic rings. The van der Waals surface area contributed by atoms with E-state index in [0.29, 0.717) is 12.1 Å². The largest absolute Gasteiger partial charge is 0.354 e. The van der Waals surface area contributed by atoms with Crippen molar-refractivity contribution in [1.82, 2.24) is 10.6 Å². The van der Waals surface area contributed by atoms with E-state index in [1.54, 1.807) is 6.92 Å². The smallest absolute Gasteiger partial charge is 0.246 e. The molecule has 1 amide bonds. The van der Waals surface area contributed by atoms with Crippen molar-refractivity contribution < 1.29 is 15.0 Å². The van der Waals surface area contributed by atoms with Gasteiger partial charge in [0.15, 0.2) is 0 Å². The van der Waals surface area contributed by atoms with Crippen molar-refractivity contribution in [2.75, 3.05) is 13.1 Å². The predicted octanol–water partition coefficient (Wildman–Crippen LogP) is -1.07. The quantitative estimate of drug-likeness (QED) is 0.251. The molecule has 0 rings (SSSR count). The minimum absolute atomic E-state index is 0.237. The van der Waals surface area contributed by atoms with Crippen molar-refractivity contribution in [3.8, 4) is 0 Å². The topological polar surface area (TPSA) is 81.6 Å². The van der Waals surface area contributed by atoms with Crippen LogP contribution in [0, 0.1) is 0 Å². The summed E-state index contributed by atoms with van der Waals surface area (Å²) in [6.07, 6.45) is 0. The Morgan fingerprint density at radius 2 is 2.00 bits per heavy atom. The number of aliphatic hydroxyl groups is 2. The molecule has 0 aliphatic rings. The van der Waals surface area contributed by atoms with Crippen LogP contribution in [0.1, 0.15) is 13.8 Å². The van der Waals surface area contributed by atoms with Crippen molar-refractivity contribution in [1.29, 1.82) is 0 Å². The SMILES string of the molecule is C=C(C)C(=O)NCCNC(C)(O)O. The minimum Gasteiger partial charge on any atom is -0.354 e. The zero-order valence-corrected chi connectivity index (χ0v) is 7.92. The Kier molecular flexibility index (Phi) is 4.61. The van der Waals surface area contributed by atoms with Crippen molar-refractivity contribution in [3.05, 3.63) is 12.2 Å². The van der Waals surface area contributed by atoms with Crippen LogP contribution in [-0.2, 0) is 4.79 Å². The molecule has 0 radical (unpaired) electrons. The second kappa shape index (κ2) is 4.96. The third-order valence-corrected chi connectivity index (χ3v) is 1.26. The van der Waals surface area contributed by atoms with Crippen LogP contribution >= 0.6 is 0 Å². The maximum absolute atomic E-state index is 10.9. The summed E-state index contributed by atoms with van der Waals surface area (Å²) >= 11 is 0. The van der Waals surface area contributed by atoms with E-state index in [0.717, 1.165) is 0 Å². The molecule has 0 spiro atoms. The summed E-state index contributed by atoms with van der Waals surface area (Å²) in [7, 11) is 0. The van der Waals surface area contributed by atoms with E-state index in [1.807, 2.05) is 0 Å². The van der Waals surface area contributed by atoms with Crippen molar-refractivity contribution >= 4 is 5.91 Å². The normalized spacial score (nSPS) is 11.1. The van der Waals surface area contributed by atoms with Gasteiger partial charge in [-0.15, -0.1) is 0 Å². The van der Waals surface area contributed by atoms with Crippen LogP contribution in [0.4, 0.5) is 0 Å². The lowest BCUT2D eigenvalue weighted by molar-refractivity contribution is -0.169. The fourth-order valence-electron chi connectivity index (χ4n) is 0.626. The van der Waals surface area contributed by atoms with Gasteiger partial charge in [0.05, 0.1) is 0 Å². The van der Waals surface area contributed by atoms with Crippen LogP contribution in [0.2, 0.25) is 0 Å². The second-order valence-electron chi connectivity index (χ2n) is 2.98. The number of amides is 1. The molecule has 5 heteroatoms. The minimum atomic E-state index is -1.89. The number of nitrogens with one attached hydrogen (secondary N) is 2. The van der Waals surface area contributed by atoms with Gasteiger partial charge in [-0.2, -0.15) is 0 Å². The van der Waals surface area contributed by atoms with Gasteiger partial charge in [0.25, 0.3) is 0 Å². The molecule has 4 N–H and O–H groups in total. The first-order valence-corrected chi connectivity index (χ1v) is 3.96. The summed E-state index contributed by atoms with van der Waals surface area (Å²) < 4.78 is 0. The van der Waals surface area contributed by atoms with Gasteiger partial charge in [-0.3, -0.25) is 10.1 Å². The molecule has 0 aliphatic heterocycles. The lowest BCUT2D eigenvalue weighted by Gasteiger charge is -2.17. The zero-order valence-electron chi connectivity index (χ0n) is 7.92. The molecule has 0 aromatic heterocycles. The Morgan fingerprint density at radius 1 is 1.46 bits per heavy atom. The van der Waals surface area contributed by atoms with Gasteiger partial charge in [0.2, 0.25) is 11.8 Å². The third-order valence-electron chi connectivity index (χ3n) is 1.26. The van der Waals surface area contributed by atoms with Crippen LogP contribution in [0.5, 0.6) is 0 Å². The van der Waals surface area contributed by atoms with Crippen LogP contribution in [0.3, 0.4) is 0 Å². The number of hydrogen-bond donors (Lipinski definition) is 4. The first kappa shape index (κ1) is 12.1. The van der Waals surface area contributed by atoms with E-state index in [1.165, 1.54) is 6.92 Å². The fraction of sp³-hybridized carbons (Fsp3) is 0.625. The lowest BCUT2D eigenvalue weighted by Crippen LogP contribution is -2.45. The molecule has 13 heavy (non-hydrogen) atoms. The Bertz CT molecular complexity index is 196. The number of carbonyl (C=O) groups is 1. The Morgan fingerprint density at radius 3 is 2.38 bits per heavy atom. The summed E-state index contributed by atoms with van der Waals surface area (Å²) in [6.45, 7) is 6.86. The molecule has 0 atom stereocenters. The molecule has 0 bridgehead atoms. The third kappa shape index (κ3) is 7.45. The van der Waals surface area contributed by atoms with Gasteiger partial charge in [-0.1, -0.05) is 6.58 Å². The Labute approximate surface area is 77.5 Å². The highest BCUT2D eigenvalue weighted by Crippen LogP contribution is 1.87. The number of rotatable bonds is 5. The maximum atomic E-state index is 10.9. The molecule has 0 aromatic carbocycles. The number of hydrogen-bond acceptors (Lipinski definition) is 4. The highest BCUT2D eigenvalue weighted by atomic mass is 16.5. The van der Waals surface area contributed by atoms with Crippen LogP contribution in [0.25, 0.3) is 0 Å². The van der Waals surface area contributed by atoms with Gasteiger partial charge in [0, 0.05) is 25.6 Å². The summed E-state index contributed by atoms with van der Waals surface area (Å²) in [6, 6.07) is 0. The summed E-state index contributed by atoms with van der Waals surface area (Å²) in [5.41, 5.74) is 0.427. The highest BCUT2D eigenvalue weighted by Gasteiger charge is 2.12. The van der Waals surface area contributed by atoms with Crippen molar-refractivity contribution in [3.63, 3.8) is 0 Å². The van der Waals surface area contributed by atoms with E-state index in [2.05, 4.69) is 17.2 Å². The first-order chi connectivity index (χ1) is 5.83. The maximum Gasteiger partial charge on any atom is 0.246 e. The van der Waals surface area contributed by atoms with Gasteiger partial charge in [-0.25, -0.2) is 0 Å². The average Bonchev–Trinajstić information content (AvgIpc) is 1.95. The van der Waals surface area contributed by atoms with Crippen LogP contribution in [0.15, 0.2) is 12.2 Å². The number of carbonyl (C=O) groups excluding carboxylic acids is 1. The fourth-order valence-corrected chi connectivity index (χ4v) is 0.626. The van der Waals surface area contributed by atoms with E-state index < -0.39 is 5.91 Å². The summed E-state index contributed by atoms with van der Waals surface area (Å²) in [4.78, 5) is 10.9. The average molecular weight is 188 g/mol.